The third-order valence-corrected chi connectivity index (χ3v) is 3.96. The molecule has 0 saturated heterocycles. The zero-order valence-corrected chi connectivity index (χ0v) is 11.5. The number of phenols is 2. The van der Waals surface area contributed by atoms with Gasteiger partial charge >= 0.3 is 0 Å². The minimum atomic E-state index is -0.981. The van der Waals surface area contributed by atoms with Gasteiger partial charge in [-0.2, -0.15) is 0 Å². The number of rotatable bonds is 1. The van der Waals surface area contributed by atoms with Crippen LogP contribution < -0.4 is 4.74 Å². The first-order valence-corrected chi connectivity index (χ1v) is 6.78. The van der Waals surface area contributed by atoms with E-state index in [9.17, 15) is 30.6 Å². The van der Waals surface area contributed by atoms with Crippen LogP contribution in [0.15, 0.2) is 35.5 Å². The Hall–Kier alpha value is -2.54. The summed E-state index contributed by atoms with van der Waals surface area (Å²) < 4.78 is 5.64. The molecule has 0 aromatic heterocycles. The van der Waals surface area contributed by atoms with Gasteiger partial charge in [0.15, 0.2) is 11.5 Å². The first-order valence-electron chi connectivity index (χ1n) is 6.78. The zero-order chi connectivity index (χ0) is 16.0. The number of hydrogen-bond acceptors (Lipinski definition) is 7. The third kappa shape index (κ3) is 2.29. The number of aliphatic hydroxyl groups excluding tert-OH is 4. The smallest absolute Gasteiger partial charge is 0.195 e. The monoisotopic (exact) mass is 308 g/mol. The van der Waals surface area contributed by atoms with E-state index in [4.69, 9.17) is 4.74 Å². The SMILES string of the molecule is OC1=CC([C@H]2Oc3cc(O)cc(O)c3C[C@@H]2O)CC(O)=C1O. The molecule has 1 unspecified atom stereocenters. The molecular formula is C15H16O7. The first-order chi connectivity index (χ1) is 10.4. The second kappa shape index (κ2) is 5.03. The average Bonchev–Trinajstić information content (AvgIpc) is 2.44. The van der Waals surface area contributed by atoms with Gasteiger partial charge in [-0.1, -0.05) is 0 Å². The lowest BCUT2D eigenvalue weighted by atomic mass is 9.85. The largest absolute Gasteiger partial charge is 0.508 e. The molecule has 2 aliphatic rings. The molecule has 3 rings (SSSR count). The van der Waals surface area contributed by atoms with Gasteiger partial charge in [-0.3, -0.25) is 0 Å². The minimum absolute atomic E-state index is 0.00223. The Bertz CT molecular complexity index is 677. The van der Waals surface area contributed by atoms with Crippen LogP contribution in [0.4, 0.5) is 0 Å². The number of benzene rings is 1. The summed E-state index contributed by atoms with van der Waals surface area (Å²) in [5, 5.41) is 58.2. The molecule has 1 heterocycles. The van der Waals surface area contributed by atoms with Crippen molar-refractivity contribution >= 4 is 0 Å². The van der Waals surface area contributed by atoms with Gasteiger partial charge in [-0.05, 0) is 6.08 Å². The van der Waals surface area contributed by atoms with Gasteiger partial charge in [-0.25, -0.2) is 0 Å². The molecule has 0 saturated carbocycles. The van der Waals surface area contributed by atoms with Gasteiger partial charge in [0, 0.05) is 36.5 Å². The fourth-order valence-electron chi connectivity index (χ4n) is 2.87. The molecule has 1 aliphatic heterocycles. The summed E-state index contributed by atoms with van der Waals surface area (Å²) in [6.45, 7) is 0. The Morgan fingerprint density at radius 3 is 2.41 bits per heavy atom. The van der Waals surface area contributed by atoms with E-state index in [1.54, 1.807) is 0 Å². The molecule has 7 nitrogen and oxygen atoms in total. The molecule has 1 aromatic rings. The molecule has 0 radical (unpaired) electrons. The van der Waals surface area contributed by atoms with Crippen molar-refractivity contribution in [3.8, 4) is 17.2 Å². The summed E-state index contributed by atoms with van der Waals surface area (Å²) in [6.07, 6.45) is -0.377. The lowest BCUT2D eigenvalue weighted by Gasteiger charge is -2.35. The molecule has 118 valence electrons. The van der Waals surface area contributed by atoms with Crippen LogP contribution in [0.1, 0.15) is 12.0 Å². The molecule has 7 heteroatoms. The van der Waals surface area contributed by atoms with Crippen molar-refractivity contribution in [3.63, 3.8) is 0 Å². The number of allylic oxidation sites excluding steroid dienone is 1. The van der Waals surface area contributed by atoms with Crippen molar-refractivity contribution in [1.82, 2.24) is 0 Å². The zero-order valence-electron chi connectivity index (χ0n) is 11.5. The van der Waals surface area contributed by atoms with Crippen molar-refractivity contribution < 1.29 is 35.4 Å². The van der Waals surface area contributed by atoms with E-state index in [1.165, 1.54) is 12.1 Å². The number of fused-ring (bicyclic) bond motifs is 1. The molecule has 0 bridgehead atoms. The van der Waals surface area contributed by atoms with Gasteiger partial charge in [-0.15, -0.1) is 0 Å². The van der Waals surface area contributed by atoms with Crippen molar-refractivity contribution in [2.75, 3.05) is 0 Å². The van der Waals surface area contributed by atoms with Crippen LogP contribution >= 0.6 is 0 Å². The van der Waals surface area contributed by atoms with Gasteiger partial charge in [0.2, 0.25) is 0 Å². The van der Waals surface area contributed by atoms with Crippen LogP contribution in [-0.4, -0.2) is 42.8 Å². The second-order valence-electron chi connectivity index (χ2n) is 5.51. The highest BCUT2D eigenvalue weighted by Gasteiger charge is 2.38. The fraction of sp³-hybridized carbons (Fsp3) is 0.333. The average molecular weight is 308 g/mol. The van der Waals surface area contributed by atoms with Crippen LogP contribution in [0.25, 0.3) is 0 Å². The van der Waals surface area contributed by atoms with E-state index < -0.39 is 29.6 Å². The molecule has 0 amide bonds. The lowest BCUT2D eigenvalue weighted by Crippen LogP contribution is -2.43. The molecule has 22 heavy (non-hydrogen) atoms. The van der Waals surface area contributed by atoms with Crippen LogP contribution in [0.2, 0.25) is 0 Å². The van der Waals surface area contributed by atoms with Crippen molar-refractivity contribution in [2.24, 2.45) is 5.92 Å². The highest BCUT2D eigenvalue weighted by Crippen LogP contribution is 2.41. The topological polar surface area (TPSA) is 131 Å². The summed E-state index contributed by atoms with van der Waals surface area (Å²) in [6, 6.07) is 2.49. The summed E-state index contributed by atoms with van der Waals surface area (Å²) in [4.78, 5) is 0. The van der Waals surface area contributed by atoms with E-state index in [2.05, 4.69) is 0 Å². The number of ether oxygens (including phenoxy) is 1. The number of phenolic OH excluding ortho intramolecular Hbond substituents is 2. The quantitative estimate of drug-likeness (QED) is 0.464. The fourth-order valence-corrected chi connectivity index (χ4v) is 2.87. The Labute approximate surface area is 125 Å². The predicted octanol–water partition coefficient (Wildman–Crippen LogP) is 1.55. The Morgan fingerprint density at radius 1 is 1.00 bits per heavy atom. The van der Waals surface area contributed by atoms with Gasteiger partial charge in [0.25, 0.3) is 0 Å². The normalized spacial score (nSPS) is 27.9. The Kier molecular flexibility index (Phi) is 3.29. The van der Waals surface area contributed by atoms with Crippen LogP contribution in [0, 0.1) is 5.92 Å². The summed E-state index contributed by atoms with van der Waals surface area (Å²) in [7, 11) is 0. The number of hydrogen-bond donors (Lipinski definition) is 6. The molecule has 0 fully saturated rings. The third-order valence-electron chi connectivity index (χ3n) is 3.96. The Balaban J connectivity index is 1.91. The number of aromatic hydroxyl groups is 2. The van der Waals surface area contributed by atoms with Crippen molar-refractivity contribution in [2.45, 2.75) is 25.0 Å². The summed E-state index contributed by atoms with van der Waals surface area (Å²) in [5.41, 5.74) is 0.383. The summed E-state index contributed by atoms with van der Waals surface area (Å²) in [5.74, 6) is -2.12. The van der Waals surface area contributed by atoms with E-state index in [-0.39, 0.29) is 35.8 Å². The van der Waals surface area contributed by atoms with Crippen LogP contribution in [-0.2, 0) is 6.42 Å². The molecule has 0 spiro atoms. The van der Waals surface area contributed by atoms with Gasteiger partial charge < -0.3 is 35.4 Å². The molecular weight excluding hydrogens is 292 g/mol. The maximum Gasteiger partial charge on any atom is 0.195 e. The van der Waals surface area contributed by atoms with E-state index in [0.717, 1.165) is 6.07 Å². The van der Waals surface area contributed by atoms with E-state index in [0.29, 0.717) is 5.56 Å². The highest BCUT2D eigenvalue weighted by atomic mass is 16.5. The molecule has 6 N–H and O–H groups in total. The van der Waals surface area contributed by atoms with Crippen molar-refractivity contribution in [3.05, 3.63) is 41.0 Å². The van der Waals surface area contributed by atoms with Crippen LogP contribution in [0.3, 0.4) is 0 Å². The van der Waals surface area contributed by atoms with E-state index >= 15 is 0 Å². The highest BCUT2D eigenvalue weighted by molar-refractivity contribution is 5.51. The Morgan fingerprint density at radius 2 is 1.73 bits per heavy atom. The van der Waals surface area contributed by atoms with E-state index in [1.807, 2.05) is 0 Å². The molecule has 1 aliphatic carbocycles. The minimum Gasteiger partial charge on any atom is -0.508 e. The van der Waals surface area contributed by atoms with Gasteiger partial charge in [0.1, 0.15) is 29.1 Å². The molecule has 3 atom stereocenters. The van der Waals surface area contributed by atoms with Crippen LogP contribution in [0.5, 0.6) is 17.2 Å². The predicted molar refractivity (Wildman–Crippen MR) is 75.0 cm³/mol. The maximum absolute atomic E-state index is 10.2. The first kappa shape index (κ1) is 14.4. The lowest BCUT2D eigenvalue weighted by molar-refractivity contribution is -0.00628. The maximum atomic E-state index is 10.2. The second-order valence-corrected chi connectivity index (χ2v) is 5.51. The number of aliphatic hydroxyl groups is 4. The molecule has 1 aromatic carbocycles. The standard InChI is InChI=1S/C15H16O7/c16-7-3-9(17)8-5-12(20)15(22-13(8)4-7)6-1-10(18)14(21)11(19)2-6/h1,3-4,6,12,15-21H,2,5H2/t6?,12-,15+/m0/s1. The van der Waals surface area contributed by atoms with Gasteiger partial charge in [0.05, 0.1) is 6.10 Å². The summed E-state index contributed by atoms with van der Waals surface area (Å²) >= 11 is 0. The van der Waals surface area contributed by atoms with Crippen molar-refractivity contribution in [1.29, 1.82) is 0 Å².